The Hall–Kier alpha value is -2.55. The fraction of sp³-hybridized carbons (Fsp3) is 0.211. The molecule has 0 aliphatic heterocycles. The minimum Gasteiger partial charge on any atom is -0.497 e. The van der Waals surface area contributed by atoms with Gasteiger partial charge in [-0.15, -0.1) is 0 Å². The Labute approximate surface area is 130 Å². The van der Waals surface area contributed by atoms with Crippen LogP contribution in [0, 0.1) is 0 Å². The van der Waals surface area contributed by atoms with E-state index < -0.39 is 0 Å². The molecule has 0 unspecified atom stereocenters. The summed E-state index contributed by atoms with van der Waals surface area (Å²) >= 11 is 0. The lowest BCUT2D eigenvalue weighted by molar-refractivity contribution is -0.107. The summed E-state index contributed by atoms with van der Waals surface area (Å²) < 4.78 is 7.57. The van der Waals surface area contributed by atoms with E-state index >= 15 is 0 Å². The van der Waals surface area contributed by atoms with Gasteiger partial charge in [0.2, 0.25) is 0 Å². The normalized spacial score (nSPS) is 10.8. The van der Waals surface area contributed by atoms with Gasteiger partial charge in [0.1, 0.15) is 12.0 Å². The van der Waals surface area contributed by atoms with Crippen molar-refractivity contribution in [3.8, 4) is 5.75 Å². The van der Waals surface area contributed by atoms with Crippen molar-refractivity contribution >= 4 is 17.2 Å². The zero-order valence-electron chi connectivity index (χ0n) is 12.7. The van der Waals surface area contributed by atoms with Crippen molar-refractivity contribution in [1.29, 1.82) is 0 Å². The van der Waals surface area contributed by atoms with Crippen molar-refractivity contribution < 1.29 is 9.53 Å². The number of rotatable bonds is 6. The molecule has 3 nitrogen and oxygen atoms in total. The fourth-order valence-corrected chi connectivity index (χ4v) is 2.80. The Bertz CT molecular complexity index is 775. The average molecular weight is 293 g/mol. The second kappa shape index (κ2) is 6.48. The van der Waals surface area contributed by atoms with Crippen LogP contribution in [0.4, 0.5) is 0 Å². The fourth-order valence-electron chi connectivity index (χ4n) is 2.80. The molecule has 0 spiro atoms. The number of aldehydes is 1. The summed E-state index contributed by atoms with van der Waals surface area (Å²) in [5.74, 6) is 0.845. The number of fused-ring (bicyclic) bond motifs is 1. The van der Waals surface area contributed by atoms with Crippen LogP contribution in [0.15, 0.2) is 54.7 Å². The monoisotopic (exact) mass is 293 g/mol. The zero-order valence-corrected chi connectivity index (χ0v) is 12.7. The van der Waals surface area contributed by atoms with E-state index in [0.29, 0.717) is 6.42 Å². The third kappa shape index (κ3) is 2.89. The number of hydrogen-bond acceptors (Lipinski definition) is 2. The summed E-state index contributed by atoms with van der Waals surface area (Å²) in [6.07, 6.45) is 4.43. The van der Waals surface area contributed by atoms with Crippen LogP contribution in [-0.2, 0) is 17.8 Å². The Kier molecular flexibility index (Phi) is 4.24. The van der Waals surface area contributed by atoms with Gasteiger partial charge in [-0.05, 0) is 35.7 Å². The van der Waals surface area contributed by atoms with Gasteiger partial charge in [0, 0.05) is 30.1 Å². The quantitative estimate of drug-likeness (QED) is 0.647. The smallest absolute Gasteiger partial charge is 0.120 e. The largest absolute Gasteiger partial charge is 0.497 e. The van der Waals surface area contributed by atoms with Gasteiger partial charge >= 0.3 is 0 Å². The van der Waals surface area contributed by atoms with E-state index in [1.54, 1.807) is 7.11 Å². The van der Waals surface area contributed by atoms with Gasteiger partial charge in [-0.3, -0.25) is 0 Å². The number of methoxy groups -OCH3 is 1. The van der Waals surface area contributed by atoms with Gasteiger partial charge < -0.3 is 14.1 Å². The molecule has 0 fully saturated rings. The Morgan fingerprint density at radius 2 is 1.95 bits per heavy atom. The van der Waals surface area contributed by atoms with Crippen LogP contribution in [0.25, 0.3) is 10.9 Å². The Morgan fingerprint density at radius 3 is 2.68 bits per heavy atom. The lowest BCUT2D eigenvalue weighted by Crippen LogP contribution is -1.97. The maximum atomic E-state index is 10.7. The summed E-state index contributed by atoms with van der Waals surface area (Å²) in [6, 6.07) is 16.5. The number of ether oxygens (including phenoxy) is 1. The number of hydrogen-bond donors (Lipinski definition) is 0. The molecule has 0 aliphatic rings. The molecular weight excluding hydrogens is 274 g/mol. The van der Waals surface area contributed by atoms with Crippen LogP contribution in [0.1, 0.15) is 17.5 Å². The van der Waals surface area contributed by atoms with Crippen molar-refractivity contribution in [2.24, 2.45) is 0 Å². The minimum atomic E-state index is 0.543. The molecule has 3 heteroatoms. The SMILES string of the molecule is COc1ccc2c(c1)c(CCC=O)cn2Cc1ccccc1. The van der Waals surface area contributed by atoms with Crippen LogP contribution in [0.2, 0.25) is 0 Å². The molecule has 0 aliphatic carbocycles. The van der Waals surface area contributed by atoms with E-state index in [1.807, 2.05) is 12.1 Å². The van der Waals surface area contributed by atoms with Gasteiger partial charge in [0.05, 0.1) is 7.11 Å². The van der Waals surface area contributed by atoms with Gasteiger partial charge in [0.15, 0.2) is 0 Å². The molecule has 0 N–H and O–H groups in total. The molecular formula is C19H19NO2. The summed E-state index contributed by atoms with van der Waals surface area (Å²) in [6.45, 7) is 0.824. The van der Waals surface area contributed by atoms with Crippen LogP contribution in [-0.4, -0.2) is 18.0 Å². The van der Waals surface area contributed by atoms with Crippen molar-refractivity contribution in [3.05, 3.63) is 65.9 Å². The third-order valence-corrected chi connectivity index (χ3v) is 3.90. The van der Waals surface area contributed by atoms with E-state index in [2.05, 4.69) is 47.2 Å². The minimum absolute atomic E-state index is 0.543. The highest BCUT2D eigenvalue weighted by atomic mass is 16.5. The third-order valence-electron chi connectivity index (χ3n) is 3.90. The van der Waals surface area contributed by atoms with Gasteiger partial charge in [-0.25, -0.2) is 0 Å². The van der Waals surface area contributed by atoms with E-state index in [9.17, 15) is 4.79 Å². The van der Waals surface area contributed by atoms with Crippen molar-refractivity contribution in [1.82, 2.24) is 4.57 Å². The van der Waals surface area contributed by atoms with Crippen LogP contribution < -0.4 is 4.74 Å². The number of nitrogens with zero attached hydrogens (tertiary/aromatic N) is 1. The number of benzene rings is 2. The van der Waals surface area contributed by atoms with Crippen LogP contribution in [0.5, 0.6) is 5.75 Å². The molecule has 0 bridgehead atoms. The van der Waals surface area contributed by atoms with E-state index in [1.165, 1.54) is 16.6 Å². The van der Waals surface area contributed by atoms with Crippen molar-refractivity contribution in [2.45, 2.75) is 19.4 Å². The number of aromatic nitrogens is 1. The van der Waals surface area contributed by atoms with E-state index in [0.717, 1.165) is 30.4 Å². The maximum Gasteiger partial charge on any atom is 0.120 e. The molecule has 0 amide bonds. The number of carbonyl (C=O) groups is 1. The van der Waals surface area contributed by atoms with Gasteiger partial charge in [-0.2, -0.15) is 0 Å². The topological polar surface area (TPSA) is 31.2 Å². The first-order valence-electron chi connectivity index (χ1n) is 7.45. The molecule has 2 aromatic carbocycles. The first kappa shape index (κ1) is 14.4. The highest BCUT2D eigenvalue weighted by Gasteiger charge is 2.10. The molecule has 3 aromatic rings. The van der Waals surface area contributed by atoms with Crippen LogP contribution in [0.3, 0.4) is 0 Å². The standard InChI is InChI=1S/C19H19NO2/c1-22-17-9-10-19-18(12-17)16(8-5-11-21)14-20(19)13-15-6-3-2-4-7-15/h2-4,6-7,9-12,14H,5,8,13H2,1H3. The first-order chi connectivity index (χ1) is 10.8. The van der Waals surface area contributed by atoms with Gasteiger partial charge in [-0.1, -0.05) is 30.3 Å². The molecule has 22 heavy (non-hydrogen) atoms. The second-order valence-corrected chi connectivity index (χ2v) is 5.36. The second-order valence-electron chi connectivity index (χ2n) is 5.36. The highest BCUT2D eigenvalue weighted by molar-refractivity contribution is 5.85. The summed E-state index contributed by atoms with van der Waals surface area (Å²) in [5.41, 5.74) is 3.62. The van der Waals surface area contributed by atoms with E-state index in [-0.39, 0.29) is 0 Å². The van der Waals surface area contributed by atoms with Crippen molar-refractivity contribution in [2.75, 3.05) is 7.11 Å². The Balaban J connectivity index is 2.04. The molecule has 0 saturated carbocycles. The summed E-state index contributed by atoms with van der Waals surface area (Å²) in [5, 5.41) is 1.16. The average Bonchev–Trinajstić information content (AvgIpc) is 2.91. The number of carbonyl (C=O) groups excluding carboxylic acids is 1. The highest BCUT2D eigenvalue weighted by Crippen LogP contribution is 2.27. The summed E-state index contributed by atoms with van der Waals surface area (Å²) in [4.78, 5) is 10.7. The molecule has 0 radical (unpaired) electrons. The molecule has 0 saturated heterocycles. The lowest BCUT2D eigenvalue weighted by atomic mass is 10.1. The molecule has 112 valence electrons. The van der Waals surface area contributed by atoms with Gasteiger partial charge in [0.25, 0.3) is 0 Å². The van der Waals surface area contributed by atoms with Crippen LogP contribution >= 0.6 is 0 Å². The van der Waals surface area contributed by atoms with Crippen molar-refractivity contribution in [3.63, 3.8) is 0 Å². The molecule has 1 heterocycles. The Morgan fingerprint density at radius 1 is 1.14 bits per heavy atom. The molecule has 1 aromatic heterocycles. The maximum absolute atomic E-state index is 10.7. The molecule has 3 rings (SSSR count). The molecule has 0 atom stereocenters. The van der Waals surface area contributed by atoms with E-state index in [4.69, 9.17) is 4.74 Å². The first-order valence-corrected chi connectivity index (χ1v) is 7.45. The number of aryl methyl sites for hydroxylation is 1. The predicted molar refractivity (Wildman–Crippen MR) is 88.4 cm³/mol. The lowest BCUT2D eigenvalue weighted by Gasteiger charge is -2.06. The zero-order chi connectivity index (χ0) is 15.4. The predicted octanol–water partition coefficient (Wildman–Crippen LogP) is 3.83. The summed E-state index contributed by atoms with van der Waals surface area (Å²) in [7, 11) is 1.67.